The molecular weight excluding hydrogens is 228 g/mol. The Bertz CT molecular complexity index is 517. The van der Waals surface area contributed by atoms with Gasteiger partial charge in [0.2, 0.25) is 0 Å². The molecule has 3 aliphatic rings. The number of amidine groups is 1. The minimum atomic E-state index is 0.661. The monoisotopic (exact) mass is 245 g/mol. The average molecular weight is 245 g/mol. The van der Waals surface area contributed by atoms with Crippen LogP contribution in [0.3, 0.4) is 0 Å². The van der Waals surface area contributed by atoms with Gasteiger partial charge in [-0.25, -0.2) is 5.53 Å². The standard InChI is InChI=1S/C12H17N6/c1-5(2)3-6-7-4-8-10(9(6)7)13-14-11(8)12-15-17-18-16-12/h5-7,9,17-18H,3-4H2,1-2H3,(H-,13,14,15,16)/q-1/t6?,7-,9+/m0/s1. The highest BCUT2D eigenvalue weighted by Gasteiger charge is 2.57. The summed E-state index contributed by atoms with van der Waals surface area (Å²) in [6, 6.07) is 0. The van der Waals surface area contributed by atoms with Gasteiger partial charge in [-0.2, -0.15) is 5.10 Å². The van der Waals surface area contributed by atoms with Crippen LogP contribution in [-0.4, -0.2) is 16.0 Å². The molecule has 3 atom stereocenters. The predicted molar refractivity (Wildman–Crippen MR) is 67.6 cm³/mol. The fourth-order valence-corrected chi connectivity index (χ4v) is 3.59. The Balaban J connectivity index is 1.59. The van der Waals surface area contributed by atoms with Crippen molar-refractivity contribution in [2.75, 3.05) is 0 Å². The molecule has 1 saturated carbocycles. The van der Waals surface area contributed by atoms with Gasteiger partial charge in [-0.3, -0.25) is 5.10 Å². The quantitative estimate of drug-likeness (QED) is 0.753. The van der Waals surface area contributed by atoms with E-state index >= 15 is 0 Å². The molecule has 1 aliphatic heterocycles. The van der Waals surface area contributed by atoms with Gasteiger partial charge >= 0.3 is 0 Å². The molecule has 18 heavy (non-hydrogen) atoms. The number of aromatic nitrogens is 2. The van der Waals surface area contributed by atoms with Crippen LogP contribution in [0.2, 0.25) is 0 Å². The van der Waals surface area contributed by atoms with Gasteiger partial charge < -0.3 is 16.1 Å². The third kappa shape index (κ3) is 1.32. The zero-order chi connectivity index (χ0) is 12.3. The fourth-order valence-electron chi connectivity index (χ4n) is 3.59. The second-order valence-electron chi connectivity index (χ2n) is 5.92. The first-order valence-electron chi connectivity index (χ1n) is 6.61. The highest BCUT2D eigenvalue weighted by Crippen LogP contribution is 2.63. The van der Waals surface area contributed by atoms with E-state index in [-0.39, 0.29) is 0 Å². The van der Waals surface area contributed by atoms with Gasteiger partial charge in [-0.05, 0) is 36.4 Å². The van der Waals surface area contributed by atoms with E-state index in [9.17, 15) is 0 Å². The van der Waals surface area contributed by atoms with Crippen molar-refractivity contribution >= 4 is 5.84 Å². The van der Waals surface area contributed by atoms with Crippen molar-refractivity contribution in [3.05, 3.63) is 22.4 Å². The maximum atomic E-state index is 4.38. The molecule has 3 N–H and O–H groups in total. The number of nitrogens with one attached hydrogen (secondary N) is 3. The van der Waals surface area contributed by atoms with Crippen molar-refractivity contribution in [3.8, 4) is 0 Å². The van der Waals surface area contributed by atoms with Crippen molar-refractivity contribution in [3.63, 3.8) is 0 Å². The number of hydrogen-bond donors (Lipinski definition) is 3. The van der Waals surface area contributed by atoms with Gasteiger partial charge in [0.25, 0.3) is 0 Å². The van der Waals surface area contributed by atoms with Crippen LogP contribution in [0.5, 0.6) is 0 Å². The molecule has 1 unspecified atom stereocenters. The largest absolute Gasteiger partial charge is 0.380 e. The van der Waals surface area contributed by atoms with Gasteiger partial charge in [0.05, 0.1) is 5.69 Å². The molecule has 0 radical (unpaired) electrons. The summed E-state index contributed by atoms with van der Waals surface area (Å²) in [6.45, 7) is 4.60. The second kappa shape index (κ2) is 3.47. The third-order valence-corrected chi connectivity index (χ3v) is 4.33. The van der Waals surface area contributed by atoms with Crippen molar-refractivity contribution in [2.24, 2.45) is 22.9 Å². The molecule has 1 aromatic heterocycles. The van der Waals surface area contributed by atoms with Crippen molar-refractivity contribution < 1.29 is 0 Å². The van der Waals surface area contributed by atoms with Gasteiger partial charge in [-0.1, -0.05) is 13.8 Å². The average Bonchev–Trinajstić information content (AvgIpc) is 2.83. The van der Waals surface area contributed by atoms with Crippen molar-refractivity contribution in [1.29, 1.82) is 0 Å². The summed E-state index contributed by atoms with van der Waals surface area (Å²) in [4.78, 5) is 0. The molecule has 2 heterocycles. The number of nitrogens with zero attached hydrogens (tertiary/aromatic N) is 3. The van der Waals surface area contributed by atoms with Crippen LogP contribution in [0, 0.1) is 17.8 Å². The molecule has 0 aromatic carbocycles. The topological polar surface area (TPSA) is 79.2 Å². The minimum absolute atomic E-state index is 0.661. The maximum Gasteiger partial charge on any atom is 0.0895 e. The van der Waals surface area contributed by atoms with Crippen molar-refractivity contribution in [1.82, 2.24) is 21.3 Å². The maximum absolute atomic E-state index is 4.38. The summed E-state index contributed by atoms with van der Waals surface area (Å²) >= 11 is 0. The molecule has 2 aliphatic carbocycles. The number of rotatable bonds is 3. The Morgan fingerprint density at radius 3 is 3.06 bits per heavy atom. The van der Waals surface area contributed by atoms with Crippen LogP contribution in [0.1, 0.15) is 43.1 Å². The molecule has 96 valence electrons. The normalized spacial score (nSPS) is 31.7. The lowest BCUT2D eigenvalue weighted by molar-refractivity contribution is 0.503. The third-order valence-electron chi connectivity index (χ3n) is 4.33. The number of aromatic amines is 1. The number of hydrazone groups is 1. The minimum Gasteiger partial charge on any atom is -0.380 e. The number of H-pyrrole nitrogens is 1. The summed E-state index contributed by atoms with van der Waals surface area (Å²) < 4.78 is 0. The lowest BCUT2D eigenvalue weighted by Crippen LogP contribution is -2.14. The first-order chi connectivity index (χ1) is 8.75. The summed E-state index contributed by atoms with van der Waals surface area (Å²) in [5, 5.41) is 11.7. The van der Waals surface area contributed by atoms with E-state index in [0.29, 0.717) is 11.8 Å². The Morgan fingerprint density at radius 1 is 1.44 bits per heavy atom. The molecule has 0 bridgehead atoms. The Kier molecular flexibility index (Phi) is 2.00. The molecule has 4 rings (SSSR count). The van der Waals surface area contributed by atoms with E-state index in [4.69, 9.17) is 0 Å². The summed E-state index contributed by atoms with van der Waals surface area (Å²) in [5.74, 6) is 3.86. The smallest absolute Gasteiger partial charge is 0.0895 e. The highest BCUT2D eigenvalue weighted by molar-refractivity contribution is 6.08. The first-order valence-corrected chi connectivity index (χ1v) is 6.61. The van der Waals surface area contributed by atoms with E-state index in [1.165, 1.54) is 17.7 Å². The summed E-state index contributed by atoms with van der Waals surface area (Å²) in [6.07, 6.45) is 2.47. The van der Waals surface area contributed by atoms with E-state index in [2.05, 4.69) is 45.6 Å². The molecule has 1 aromatic rings. The number of hydrazine groups is 1. The highest BCUT2D eigenvalue weighted by atomic mass is 15.8. The fraction of sp³-hybridized carbons (Fsp3) is 0.667. The first kappa shape index (κ1) is 10.4. The Hall–Kier alpha value is -1.56. The lowest BCUT2D eigenvalue weighted by Gasteiger charge is -2.09. The van der Waals surface area contributed by atoms with E-state index in [0.717, 1.165) is 29.9 Å². The molecule has 1 fully saturated rings. The van der Waals surface area contributed by atoms with Gasteiger partial charge in [0.1, 0.15) is 0 Å². The van der Waals surface area contributed by atoms with Crippen LogP contribution in [0.4, 0.5) is 0 Å². The van der Waals surface area contributed by atoms with Crippen LogP contribution in [0.15, 0.2) is 5.10 Å². The van der Waals surface area contributed by atoms with Gasteiger partial charge in [0.15, 0.2) is 0 Å². The van der Waals surface area contributed by atoms with E-state index < -0.39 is 0 Å². The summed E-state index contributed by atoms with van der Waals surface area (Å²) in [5.41, 5.74) is 12.9. The van der Waals surface area contributed by atoms with Crippen molar-refractivity contribution in [2.45, 2.75) is 32.6 Å². The SMILES string of the molecule is CC(C)CC1[C@H]2c3[nH]nc(C4=NNN[N-]4)c3C[C@@H]12. The van der Waals surface area contributed by atoms with E-state index in [1.807, 2.05) is 0 Å². The Morgan fingerprint density at radius 2 is 2.33 bits per heavy atom. The van der Waals surface area contributed by atoms with Crippen LogP contribution in [-0.2, 0) is 6.42 Å². The van der Waals surface area contributed by atoms with Crippen LogP contribution >= 0.6 is 0 Å². The molecular formula is C12H17N6-. The zero-order valence-corrected chi connectivity index (χ0v) is 10.6. The van der Waals surface area contributed by atoms with Crippen LogP contribution < -0.4 is 11.1 Å². The van der Waals surface area contributed by atoms with E-state index in [1.54, 1.807) is 0 Å². The van der Waals surface area contributed by atoms with Gasteiger partial charge in [-0.15, -0.1) is 0 Å². The number of fused-ring (bicyclic) bond motifs is 3. The second-order valence-corrected chi connectivity index (χ2v) is 5.92. The summed E-state index contributed by atoms with van der Waals surface area (Å²) in [7, 11) is 0. The molecule has 0 saturated heterocycles. The predicted octanol–water partition coefficient (Wildman–Crippen LogP) is 1.40. The zero-order valence-electron chi connectivity index (χ0n) is 10.6. The molecule has 6 nitrogen and oxygen atoms in total. The number of hydrogen-bond acceptors (Lipinski definition) is 4. The molecule has 0 amide bonds. The molecule has 0 spiro atoms. The Labute approximate surface area is 106 Å². The lowest BCUT2D eigenvalue weighted by atomic mass is 9.99. The van der Waals surface area contributed by atoms with Crippen LogP contribution in [0.25, 0.3) is 5.43 Å². The van der Waals surface area contributed by atoms with Gasteiger partial charge in [0, 0.05) is 17.2 Å². The molecule has 6 heteroatoms.